The van der Waals surface area contributed by atoms with Crippen molar-refractivity contribution < 1.29 is 32.2 Å². The van der Waals surface area contributed by atoms with E-state index in [0.29, 0.717) is 18.4 Å². The van der Waals surface area contributed by atoms with Crippen LogP contribution in [0.5, 0.6) is 5.88 Å². The third kappa shape index (κ3) is 7.49. The largest absolute Gasteiger partial charge is 0.473 e. The molecule has 1 aliphatic heterocycles. The molecule has 1 N–H and O–H groups in total. The Bertz CT molecular complexity index is 916. The maximum Gasteiger partial charge on any atom is 0.407 e. The van der Waals surface area contributed by atoms with Crippen molar-refractivity contribution in [2.45, 2.75) is 44.1 Å². The van der Waals surface area contributed by atoms with Gasteiger partial charge in [-0.25, -0.2) is 18.2 Å². The molecule has 178 valence electrons. The Balaban J connectivity index is 1.84. The summed E-state index contributed by atoms with van der Waals surface area (Å²) in [6.45, 7) is 9.87. The molecule has 0 atom stereocenters. The van der Waals surface area contributed by atoms with Crippen molar-refractivity contribution in [3.8, 4) is 5.88 Å². The highest BCUT2D eigenvalue weighted by molar-refractivity contribution is 7.89. The molecule has 0 aliphatic carbocycles. The van der Waals surface area contributed by atoms with Crippen LogP contribution in [-0.4, -0.2) is 68.7 Å². The average molecular weight is 470 g/mol. The van der Waals surface area contributed by atoms with Gasteiger partial charge in [0, 0.05) is 25.7 Å². The second kappa shape index (κ2) is 10.8. The number of alkyl carbamates (subject to hydrolysis) is 1. The molecule has 32 heavy (non-hydrogen) atoms. The summed E-state index contributed by atoms with van der Waals surface area (Å²) in [5.74, 6) is -0.363. The first-order chi connectivity index (χ1) is 14.9. The predicted octanol–water partition coefficient (Wildman–Crippen LogP) is 2.11. The molecule has 2 heterocycles. The quantitative estimate of drug-likeness (QED) is 0.453. The van der Waals surface area contributed by atoms with Crippen molar-refractivity contribution in [1.29, 1.82) is 0 Å². The minimum atomic E-state index is -3.71. The van der Waals surface area contributed by atoms with E-state index in [-0.39, 0.29) is 48.9 Å². The van der Waals surface area contributed by atoms with E-state index in [0.717, 1.165) is 0 Å². The number of esters is 1. The summed E-state index contributed by atoms with van der Waals surface area (Å²) in [4.78, 5) is 27.4. The minimum Gasteiger partial charge on any atom is -0.473 e. The summed E-state index contributed by atoms with van der Waals surface area (Å²) in [5, 5.41) is 2.58. The lowest BCUT2D eigenvalue weighted by atomic mass is 9.99. The van der Waals surface area contributed by atoms with E-state index in [1.54, 1.807) is 20.8 Å². The SMILES string of the molecule is C=C(CNC(=O)OC(C)(C)C)COc1ccc(S(=O)(=O)N2CCC(C(=O)OC)CC2)cn1. The normalized spacial score (nSPS) is 15.6. The fourth-order valence-electron chi connectivity index (χ4n) is 2.99. The van der Waals surface area contributed by atoms with Crippen LogP contribution in [0, 0.1) is 5.92 Å². The van der Waals surface area contributed by atoms with E-state index in [4.69, 9.17) is 14.2 Å². The van der Waals surface area contributed by atoms with Gasteiger partial charge in [-0.15, -0.1) is 0 Å². The van der Waals surface area contributed by atoms with Crippen molar-refractivity contribution in [1.82, 2.24) is 14.6 Å². The number of hydrogen-bond donors (Lipinski definition) is 1. The lowest BCUT2D eigenvalue weighted by Crippen LogP contribution is -2.40. The fourth-order valence-corrected chi connectivity index (χ4v) is 4.41. The number of hydrogen-bond acceptors (Lipinski definition) is 8. The molecule has 0 saturated carbocycles. The predicted molar refractivity (Wildman–Crippen MR) is 117 cm³/mol. The highest BCUT2D eigenvalue weighted by Gasteiger charge is 2.32. The van der Waals surface area contributed by atoms with Crippen LogP contribution in [0.4, 0.5) is 4.79 Å². The summed E-state index contributed by atoms with van der Waals surface area (Å²) in [6.07, 6.45) is 1.51. The van der Waals surface area contributed by atoms with Gasteiger partial charge in [0.1, 0.15) is 17.1 Å². The summed E-state index contributed by atoms with van der Waals surface area (Å²) in [5.41, 5.74) is -0.00613. The van der Waals surface area contributed by atoms with Crippen molar-refractivity contribution in [2.24, 2.45) is 5.92 Å². The Morgan fingerprint density at radius 2 is 1.91 bits per heavy atom. The lowest BCUT2D eigenvalue weighted by Gasteiger charge is -2.29. The number of sulfonamides is 1. The van der Waals surface area contributed by atoms with Gasteiger partial charge >= 0.3 is 12.1 Å². The average Bonchev–Trinajstić information content (AvgIpc) is 2.75. The Labute approximate surface area is 189 Å². The van der Waals surface area contributed by atoms with Gasteiger partial charge in [-0.1, -0.05) is 6.58 Å². The Morgan fingerprint density at radius 1 is 1.25 bits per heavy atom. The smallest absolute Gasteiger partial charge is 0.407 e. The van der Waals surface area contributed by atoms with Crippen LogP contribution in [0.1, 0.15) is 33.6 Å². The molecule has 0 radical (unpaired) electrons. The van der Waals surface area contributed by atoms with E-state index in [9.17, 15) is 18.0 Å². The number of rotatable bonds is 8. The number of carbonyl (C=O) groups excluding carboxylic acids is 2. The topological polar surface area (TPSA) is 124 Å². The molecule has 0 spiro atoms. The Kier molecular flexibility index (Phi) is 8.62. The standard InChI is InChI=1S/C21H31N3O7S/c1-15(12-23-20(26)31-21(2,3)4)14-30-18-7-6-17(13-22-18)32(27,28)24-10-8-16(9-11-24)19(25)29-5/h6-7,13,16H,1,8-12,14H2,2-5H3,(H,23,26). The van der Waals surface area contributed by atoms with Gasteiger partial charge in [-0.3, -0.25) is 4.79 Å². The summed E-state index contributed by atoms with van der Waals surface area (Å²) >= 11 is 0. The van der Waals surface area contributed by atoms with Gasteiger partial charge in [-0.2, -0.15) is 4.31 Å². The minimum absolute atomic E-state index is 0.0480. The van der Waals surface area contributed by atoms with Crippen LogP contribution >= 0.6 is 0 Å². The van der Waals surface area contributed by atoms with Crippen LogP contribution in [0.25, 0.3) is 0 Å². The summed E-state index contributed by atoms with van der Waals surface area (Å²) in [6, 6.07) is 2.88. The first-order valence-corrected chi connectivity index (χ1v) is 11.7. The highest BCUT2D eigenvalue weighted by atomic mass is 32.2. The Morgan fingerprint density at radius 3 is 2.44 bits per heavy atom. The van der Waals surface area contributed by atoms with Gasteiger partial charge < -0.3 is 19.5 Å². The second-order valence-corrected chi connectivity index (χ2v) is 10.4. The maximum absolute atomic E-state index is 12.8. The summed E-state index contributed by atoms with van der Waals surface area (Å²) in [7, 11) is -2.39. The van der Waals surface area contributed by atoms with E-state index in [2.05, 4.69) is 16.9 Å². The fraction of sp³-hybridized carbons (Fsp3) is 0.571. The molecule has 2 rings (SSSR count). The molecular weight excluding hydrogens is 438 g/mol. The number of ether oxygens (including phenoxy) is 3. The first-order valence-electron chi connectivity index (χ1n) is 10.2. The van der Waals surface area contributed by atoms with Gasteiger partial charge in [-0.05, 0) is 45.3 Å². The number of carbonyl (C=O) groups is 2. The maximum atomic E-state index is 12.8. The molecule has 0 unspecified atom stereocenters. The van der Waals surface area contributed by atoms with Crippen molar-refractivity contribution in [3.05, 3.63) is 30.5 Å². The number of nitrogens with zero attached hydrogens (tertiary/aromatic N) is 2. The monoisotopic (exact) mass is 469 g/mol. The zero-order chi connectivity index (χ0) is 23.9. The van der Waals surface area contributed by atoms with E-state index >= 15 is 0 Å². The summed E-state index contributed by atoms with van der Waals surface area (Å²) < 4.78 is 42.4. The van der Waals surface area contributed by atoms with Crippen molar-refractivity contribution in [2.75, 3.05) is 33.4 Å². The van der Waals surface area contributed by atoms with E-state index in [1.807, 2.05) is 0 Å². The first kappa shape index (κ1) is 25.6. The number of pyridine rings is 1. The molecular formula is C21H31N3O7S. The van der Waals surface area contributed by atoms with E-state index < -0.39 is 21.7 Å². The number of methoxy groups -OCH3 is 1. The number of amides is 1. The zero-order valence-corrected chi connectivity index (χ0v) is 19.7. The van der Waals surface area contributed by atoms with Crippen molar-refractivity contribution >= 4 is 22.1 Å². The number of nitrogens with one attached hydrogen (secondary N) is 1. The molecule has 1 amide bonds. The molecule has 1 saturated heterocycles. The Hall–Kier alpha value is -2.66. The van der Waals surface area contributed by atoms with Gasteiger partial charge in [0.15, 0.2) is 0 Å². The lowest BCUT2D eigenvalue weighted by molar-refractivity contribution is -0.146. The third-order valence-electron chi connectivity index (χ3n) is 4.64. The van der Waals surface area contributed by atoms with Crippen LogP contribution in [0.2, 0.25) is 0 Å². The molecule has 0 aromatic carbocycles. The van der Waals surface area contributed by atoms with Crippen LogP contribution in [0.3, 0.4) is 0 Å². The highest BCUT2D eigenvalue weighted by Crippen LogP contribution is 2.25. The van der Waals surface area contributed by atoms with Gasteiger partial charge in [0.05, 0.1) is 19.2 Å². The molecule has 1 aliphatic rings. The second-order valence-electron chi connectivity index (χ2n) is 8.43. The molecule has 10 nitrogen and oxygen atoms in total. The number of piperidine rings is 1. The van der Waals surface area contributed by atoms with Crippen LogP contribution in [-0.2, 0) is 24.3 Å². The zero-order valence-electron chi connectivity index (χ0n) is 18.9. The van der Waals surface area contributed by atoms with Crippen molar-refractivity contribution in [3.63, 3.8) is 0 Å². The molecule has 1 aromatic heterocycles. The molecule has 0 bridgehead atoms. The van der Waals surface area contributed by atoms with Crippen LogP contribution < -0.4 is 10.1 Å². The van der Waals surface area contributed by atoms with Crippen LogP contribution in [0.15, 0.2) is 35.4 Å². The molecule has 1 aromatic rings. The molecule has 1 fully saturated rings. The van der Waals surface area contributed by atoms with E-state index in [1.165, 1.54) is 29.7 Å². The van der Waals surface area contributed by atoms with Gasteiger partial charge in [0.25, 0.3) is 0 Å². The van der Waals surface area contributed by atoms with Gasteiger partial charge in [0.2, 0.25) is 15.9 Å². The number of aromatic nitrogens is 1. The third-order valence-corrected chi connectivity index (χ3v) is 6.52. The molecule has 11 heteroatoms.